The number of benzene rings is 1. The number of amides is 1. The van der Waals surface area contributed by atoms with E-state index in [2.05, 4.69) is 5.32 Å². The largest absolute Gasteiger partial charge is 0.381 e. The van der Waals surface area contributed by atoms with Gasteiger partial charge in [-0.2, -0.15) is 5.26 Å². The average Bonchev–Trinajstić information content (AvgIpc) is 2.25. The third-order valence-electron chi connectivity index (χ3n) is 1.94. The minimum Gasteiger partial charge on any atom is -0.381 e. The fraction of sp³-hybridized carbons (Fsp3) is 0.200. The molecule has 84 valence electrons. The van der Waals surface area contributed by atoms with Gasteiger partial charge in [-0.15, -0.1) is 0 Å². The van der Waals surface area contributed by atoms with Crippen LogP contribution in [-0.4, -0.2) is 23.7 Å². The van der Waals surface area contributed by atoms with Gasteiger partial charge in [0, 0.05) is 6.54 Å². The van der Waals surface area contributed by atoms with Crippen molar-refractivity contribution >= 4 is 11.6 Å². The number of hydrogen-bond donors (Lipinski definition) is 3. The normalized spacial score (nSPS) is 11.6. The maximum atomic E-state index is 13.1. The zero-order valence-corrected chi connectivity index (χ0v) is 8.27. The molecular weight excluding hydrogens is 213 g/mol. The number of carbonyl (C=O) groups excluding carboxylic acids is 1. The standard InChI is InChI=1S/C10H10FN3O2/c11-7-2-1-3-8(6(7)4-12)14-5-9(15)10(13)16/h1-3,9,14-15H,5H2,(H2,13,16). The Labute approximate surface area is 91.3 Å². The molecule has 0 spiro atoms. The van der Waals surface area contributed by atoms with Crippen molar-refractivity contribution in [2.24, 2.45) is 5.73 Å². The number of primary amides is 1. The van der Waals surface area contributed by atoms with Crippen LogP contribution in [0.1, 0.15) is 5.56 Å². The highest BCUT2D eigenvalue weighted by atomic mass is 19.1. The minimum atomic E-state index is -1.38. The second kappa shape index (κ2) is 5.09. The van der Waals surface area contributed by atoms with E-state index >= 15 is 0 Å². The lowest BCUT2D eigenvalue weighted by atomic mass is 10.2. The molecule has 5 nitrogen and oxygen atoms in total. The summed E-state index contributed by atoms with van der Waals surface area (Å²) in [7, 11) is 0. The van der Waals surface area contributed by atoms with Crippen molar-refractivity contribution in [3.63, 3.8) is 0 Å². The number of nitrogens with one attached hydrogen (secondary N) is 1. The van der Waals surface area contributed by atoms with Crippen LogP contribution in [0.5, 0.6) is 0 Å². The topological polar surface area (TPSA) is 99.1 Å². The summed E-state index contributed by atoms with van der Waals surface area (Å²) in [6.07, 6.45) is -1.38. The zero-order valence-electron chi connectivity index (χ0n) is 8.27. The average molecular weight is 223 g/mol. The van der Waals surface area contributed by atoms with Gasteiger partial charge in [0.25, 0.3) is 0 Å². The van der Waals surface area contributed by atoms with E-state index in [1.54, 1.807) is 6.07 Å². The molecule has 0 aromatic heterocycles. The van der Waals surface area contributed by atoms with E-state index in [1.807, 2.05) is 0 Å². The van der Waals surface area contributed by atoms with Gasteiger partial charge in [0.05, 0.1) is 5.69 Å². The Hall–Kier alpha value is -2.13. The molecule has 1 aromatic rings. The Kier molecular flexibility index (Phi) is 3.80. The van der Waals surface area contributed by atoms with Crippen molar-refractivity contribution < 1.29 is 14.3 Å². The minimum absolute atomic E-state index is 0.167. The van der Waals surface area contributed by atoms with Gasteiger partial charge in [-0.05, 0) is 12.1 Å². The lowest BCUT2D eigenvalue weighted by molar-refractivity contribution is -0.125. The summed E-state index contributed by atoms with van der Waals surface area (Å²) in [5.74, 6) is -1.55. The first kappa shape index (κ1) is 11.9. The van der Waals surface area contributed by atoms with Crippen LogP contribution in [0.3, 0.4) is 0 Å². The number of nitrogens with zero attached hydrogens (tertiary/aromatic N) is 1. The fourth-order valence-electron chi connectivity index (χ4n) is 1.09. The van der Waals surface area contributed by atoms with Crippen LogP contribution in [-0.2, 0) is 4.79 Å². The molecule has 0 fully saturated rings. The number of rotatable bonds is 4. The molecule has 0 aliphatic carbocycles. The lowest BCUT2D eigenvalue weighted by Gasteiger charge is -2.10. The summed E-state index contributed by atoms with van der Waals surface area (Å²) in [5.41, 5.74) is 4.88. The molecule has 6 heteroatoms. The summed E-state index contributed by atoms with van der Waals surface area (Å²) in [6.45, 7) is -0.173. The van der Waals surface area contributed by atoms with Gasteiger partial charge >= 0.3 is 0 Å². The molecule has 0 bridgehead atoms. The number of nitrogens with two attached hydrogens (primary N) is 1. The van der Waals surface area contributed by atoms with E-state index in [-0.39, 0.29) is 17.8 Å². The summed E-state index contributed by atoms with van der Waals surface area (Å²) >= 11 is 0. The number of hydrogen-bond acceptors (Lipinski definition) is 4. The van der Waals surface area contributed by atoms with Crippen molar-refractivity contribution in [2.45, 2.75) is 6.10 Å². The molecule has 1 rings (SSSR count). The van der Waals surface area contributed by atoms with Crippen LogP contribution in [0.15, 0.2) is 18.2 Å². The van der Waals surface area contributed by atoms with E-state index in [0.29, 0.717) is 0 Å². The highest BCUT2D eigenvalue weighted by Gasteiger charge is 2.12. The first-order valence-corrected chi connectivity index (χ1v) is 4.46. The molecule has 1 amide bonds. The maximum absolute atomic E-state index is 13.1. The van der Waals surface area contributed by atoms with Gasteiger partial charge in [-0.1, -0.05) is 6.07 Å². The molecule has 0 saturated heterocycles. The monoisotopic (exact) mass is 223 g/mol. The van der Waals surface area contributed by atoms with Gasteiger partial charge in [0.2, 0.25) is 5.91 Å². The second-order valence-corrected chi connectivity index (χ2v) is 3.07. The molecule has 16 heavy (non-hydrogen) atoms. The maximum Gasteiger partial charge on any atom is 0.248 e. The van der Waals surface area contributed by atoms with Gasteiger partial charge < -0.3 is 16.2 Å². The Morgan fingerprint density at radius 2 is 2.38 bits per heavy atom. The first-order chi connectivity index (χ1) is 7.56. The Morgan fingerprint density at radius 3 is 2.94 bits per heavy atom. The van der Waals surface area contributed by atoms with Crippen LogP contribution in [0.2, 0.25) is 0 Å². The van der Waals surface area contributed by atoms with E-state index in [0.717, 1.165) is 6.07 Å². The Bertz CT molecular complexity index is 442. The van der Waals surface area contributed by atoms with Crippen molar-refractivity contribution in [2.75, 3.05) is 11.9 Å². The van der Waals surface area contributed by atoms with Gasteiger partial charge in [-0.25, -0.2) is 4.39 Å². The zero-order chi connectivity index (χ0) is 12.1. The molecular formula is C10H10FN3O2. The lowest BCUT2D eigenvalue weighted by Crippen LogP contribution is -2.34. The molecule has 0 aliphatic heterocycles. The predicted octanol–water partition coefficient (Wildman–Crippen LogP) is -0.0445. The second-order valence-electron chi connectivity index (χ2n) is 3.07. The molecule has 0 saturated carbocycles. The van der Waals surface area contributed by atoms with Crippen molar-refractivity contribution in [3.8, 4) is 6.07 Å². The quantitative estimate of drug-likeness (QED) is 0.666. The third kappa shape index (κ3) is 2.68. The molecule has 1 aromatic carbocycles. The van der Waals surface area contributed by atoms with E-state index in [9.17, 15) is 9.18 Å². The molecule has 0 heterocycles. The number of aliphatic hydroxyl groups excluding tert-OH is 1. The first-order valence-electron chi connectivity index (χ1n) is 4.46. The number of aliphatic hydroxyl groups is 1. The fourth-order valence-corrected chi connectivity index (χ4v) is 1.09. The van der Waals surface area contributed by atoms with Crippen LogP contribution in [0.4, 0.5) is 10.1 Å². The number of nitriles is 1. The number of halogens is 1. The Balaban J connectivity index is 2.79. The van der Waals surface area contributed by atoms with E-state index < -0.39 is 17.8 Å². The molecule has 1 atom stereocenters. The summed E-state index contributed by atoms with van der Waals surface area (Å²) in [6, 6.07) is 5.71. The number of anilines is 1. The van der Waals surface area contributed by atoms with E-state index in [1.165, 1.54) is 12.1 Å². The van der Waals surface area contributed by atoms with Crippen molar-refractivity contribution in [1.82, 2.24) is 0 Å². The Morgan fingerprint density at radius 1 is 1.69 bits per heavy atom. The highest BCUT2D eigenvalue weighted by Crippen LogP contribution is 2.17. The molecule has 0 aliphatic rings. The smallest absolute Gasteiger partial charge is 0.248 e. The number of carbonyl (C=O) groups is 1. The van der Waals surface area contributed by atoms with Crippen molar-refractivity contribution in [1.29, 1.82) is 5.26 Å². The van der Waals surface area contributed by atoms with Crippen LogP contribution in [0.25, 0.3) is 0 Å². The van der Waals surface area contributed by atoms with Gasteiger partial charge in [0.15, 0.2) is 0 Å². The van der Waals surface area contributed by atoms with Crippen LogP contribution < -0.4 is 11.1 Å². The summed E-state index contributed by atoms with van der Waals surface area (Å²) in [5, 5.41) is 20.4. The van der Waals surface area contributed by atoms with Crippen LogP contribution in [0, 0.1) is 17.1 Å². The summed E-state index contributed by atoms with van der Waals surface area (Å²) in [4.78, 5) is 10.5. The van der Waals surface area contributed by atoms with E-state index in [4.69, 9.17) is 16.1 Å². The SMILES string of the molecule is N#Cc1c(F)cccc1NCC(O)C(N)=O. The van der Waals surface area contributed by atoms with Gasteiger partial charge in [-0.3, -0.25) is 4.79 Å². The van der Waals surface area contributed by atoms with Crippen LogP contribution >= 0.6 is 0 Å². The van der Waals surface area contributed by atoms with Gasteiger partial charge in [0.1, 0.15) is 23.6 Å². The molecule has 0 radical (unpaired) electrons. The summed E-state index contributed by atoms with van der Waals surface area (Å²) < 4.78 is 13.1. The van der Waals surface area contributed by atoms with Crippen molar-refractivity contribution in [3.05, 3.63) is 29.6 Å². The molecule has 1 unspecified atom stereocenters. The predicted molar refractivity (Wildman–Crippen MR) is 54.8 cm³/mol. The third-order valence-corrected chi connectivity index (χ3v) is 1.94. The highest BCUT2D eigenvalue weighted by molar-refractivity contribution is 5.79. The molecule has 4 N–H and O–H groups in total.